The fraction of sp³-hybridized carbons (Fsp3) is 0.929. The van der Waals surface area contributed by atoms with Crippen LogP contribution in [0, 0.1) is 5.41 Å². The highest BCUT2D eigenvalue weighted by Gasteiger charge is 2.13. The first kappa shape index (κ1) is 16.4. The third kappa shape index (κ3) is 10.3. The van der Waals surface area contributed by atoms with E-state index in [0.717, 1.165) is 32.6 Å². The van der Waals surface area contributed by atoms with E-state index >= 15 is 0 Å². The Morgan fingerprint density at radius 2 is 1.82 bits per heavy atom. The van der Waals surface area contributed by atoms with Crippen LogP contribution in [0.3, 0.4) is 0 Å². The van der Waals surface area contributed by atoms with Gasteiger partial charge < -0.3 is 10.2 Å². The van der Waals surface area contributed by atoms with Crippen molar-refractivity contribution in [3.63, 3.8) is 0 Å². The molecule has 0 fully saturated rings. The zero-order chi connectivity index (χ0) is 13.3. The Labute approximate surface area is 107 Å². The topological polar surface area (TPSA) is 32.3 Å². The Bertz CT molecular complexity index is 209. The molecule has 0 aromatic heterocycles. The van der Waals surface area contributed by atoms with Crippen LogP contribution in [0.4, 0.5) is 0 Å². The summed E-state index contributed by atoms with van der Waals surface area (Å²) >= 11 is 0. The summed E-state index contributed by atoms with van der Waals surface area (Å²) < 4.78 is 0. The summed E-state index contributed by atoms with van der Waals surface area (Å²) in [5, 5.41) is 2.92. The quantitative estimate of drug-likeness (QED) is 0.709. The Kier molecular flexibility index (Phi) is 8.23. The van der Waals surface area contributed by atoms with E-state index in [4.69, 9.17) is 0 Å². The molecule has 0 unspecified atom stereocenters. The molecular formula is C14H30N2O. The molecule has 0 rings (SSSR count). The molecule has 0 aromatic carbocycles. The molecule has 3 heteroatoms. The number of amides is 1. The van der Waals surface area contributed by atoms with Gasteiger partial charge in [-0.1, -0.05) is 34.6 Å². The van der Waals surface area contributed by atoms with Gasteiger partial charge in [0.1, 0.15) is 0 Å². The molecule has 3 nitrogen and oxygen atoms in total. The second-order valence-electron chi connectivity index (χ2n) is 5.84. The zero-order valence-corrected chi connectivity index (χ0v) is 12.3. The lowest BCUT2D eigenvalue weighted by atomic mass is 9.92. The molecule has 0 saturated carbocycles. The van der Waals surface area contributed by atoms with E-state index < -0.39 is 0 Å². The van der Waals surface area contributed by atoms with Gasteiger partial charge in [0.15, 0.2) is 0 Å². The van der Waals surface area contributed by atoms with E-state index in [1.54, 1.807) is 0 Å². The minimum Gasteiger partial charge on any atom is -0.356 e. The van der Waals surface area contributed by atoms with Gasteiger partial charge in [-0.3, -0.25) is 4.79 Å². The van der Waals surface area contributed by atoms with Crippen LogP contribution in [0.1, 0.15) is 53.9 Å². The highest BCUT2D eigenvalue weighted by molar-refractivity contribution is 5.75. The van der Waals surface area contributed by atoms with Crippen molar-refractivity contribution in [1.82, 2.24) is 10.2 Å². The smallest absolute Gasteiger partial charge is 0.221 e. The normalized spacial score (nSPS) is 11.9. The minimum atomic E-state index is 0.182. The molecule has 0 atom stereocenters. The minimum absolute atomic E-state index is 0.182. The second-order valence-corrected chi connectivity index (χ2v) is 5.84. The van der Waals surface area contributed by atoms with Gasteiger partial charge in [0.05, 0.1) is 0 Å². The molecule has 102 valence electrons. The molecular weight excluding hydrogens is 212 g/mol. The van der Waals surface area contributed by atoms with Crippen molar-refractivity contribution in [3.05, 3.63) is 0 Å². The van der Waals surface area contributed by atoms with Crippen LogP contribution in [-0.4, -0.2) is 37.0 Å². The van der Waals surface area contributed by atoms with E-state index in [1.165, 1.54) is 6.42 Å². The van der Waals surface area contributed by atoms with Crippen molar-refractivity contribution >= 4 is 5.91 Å². The molecule has 17 heavy (non-hydrogen) atoms. The predicted octanol–water partition coefficient (Wildman–Crippen LogP) is 2.66. The number of nitrogens with zero attached hydrogens (tertiary/aromatic N) is 1. The van der Waals surface area contributed by atoms with Gasteiger partial charge in [-0.05, 0) is 31.3 Å². The third-order valence-electron chi connectivity index (χ3n) is 2.85. The fourth-order valence-corrected chi connectivity index (χ4v) is 1.53. The van der Waals surface area contributed by atoms with Gasteiger partial charge in [-0.15, -0.1) is 0 Å². The number of carbonyl (C=O) groups is 1. The van der Waals surface area contributed by atoms with Gasteiger partial charge >= 0.3 is 0 Å². The van der Waals surface area contributed by atoms with Crippen LogP contribution in [0.5, 0.6) is 0 Å². The molecule has 0 aliphatic heterocycles. The molecule has 0 aromatic rings. The van der Waals surface area contributed by atoms with E-state index in [0.29, 0.717) is 11.8 Å². The van der Waals surface area contributed by atoms with Crippen molar-refractivity contribution in [3.8, 4) is 0 Å². The largest absolute Gasteiger partial charge is 0.356 e. The summed E-state index contributed by atoms with van der Waals surface area (Å²) in [7, 11) is 0. The Balaban J connectivity index is 3.78. The van der Waals surface area contributed by atoms with Crippen molar-refractivity contribution in [2.75, 3.05) is 26.2 Å². The average molecular weight is 242 g/mol. The van der Waals surface area contributed by atoms with Gasteiger partial charge in [0, 0.05) is 19.5 Å². The first-order chi connectivity index (χ1) is 7.89. The lowest BCUT2D eigenvalue weighted by Crippen LogP contribution is -2.33. The van der Waals surface area contributed by atoms with E-state index in [2.05, 4.69) is 44.8 Å². The SMILES string of the molecule is CCCNC(=O)CCN(CC)CCC(C)(C)C. The summed E-state index contributed by atoms with van der Waals surface area (Å²) in [6, 6.07) is 0. The number of hydrogen-bond acceptors (Lipinski definition) is 2. The van der Waals surface area contributed by atoms with Crippen LogP contribution < -0.4 is 5.32 Å². The standard InChI is InChI=1S/C14H30N2O/c1-6-10-15-13(17)8-11-16(7-2)12-9-14(3,4)5/h6-12H2,1-5H3,(H,15,17). The maximum Gasteiger partial charge on any atom is 0.221 e. The number of hydrogen-bond donors (Lipinski definition) is 1. The van der Waals surface area contributed by atoms with Crippen molar-refractivity contribution in [2.45, 2.75) is 53.9 Å². The summed E-state index contributed by atoms with van der Waals surface area (Å²) in [5.41, 5.74) is 0.373. The molecule has 1 amide bonds. The van der Waals surface area contributed by atoms with Crippen LogP contribution >= 0.6 is 0 Å². The first-order valence-electron chi connectivity index (χ1n) is 6.88. The lowest BCUT2D eigenvalue weighted by molar-refractivity contribution is -0.121. The van der Waals surface area contributed by atoms with E-state index in [1.807, 2.05) is 0 Å². The van der Waals surface area contributed by atoms with Gasteiger partial charge in [-0.2, -0.15) is 0 Å². The first-order valence-corrected chi connectivity index (χ1v) is 6.88. The van der Waals surface area contributed by atoms with Crippen LogP contribution in [0.25, 0.3) is 0 Å². The molecule has 0 spiro atoms. The number of carbonyl (C=O) groups excluding carboxylic acids is 1. The van der Waals surface area contributed by atoms with Crippen molar-refractivity contribution in [2.24, 2.45) is 5.41 Å². The molecule has 0 aliphatic carbocycles. The van der Waals surface area contributed by atoms with Crippen LogP contribution in [0.15, 0.2) is 0 Å². The lowest BCUT2D eigenvalue weighted by Gasteiger charge is -2.25. The van der Waals surface area contributed by atoms with Crippen LogP contribution in [0.2, 0.25) is 0 Å². The van der Waals surface area contributed by atoms with E-state index in [-0.39, 0.29) is 5.91 Å². The number of rotatable bonds is 8. The zero-order valence-electron chi connectivity index (χ0n) is 12.3. The fourth-order valence-electron chi connectivity index (χ4n) is 1.53. The van der Waals surface area contributed by atoms with E-state index in [9.17, 15) is 4.79 Å². The maximum absolute atomic E-state index is 11.5. The second kappa shape index (κ2) is 8.51. The highest BCUT2D eigenvalue weighted by Crippen LogP contribution is 2.18. The summed E-state index contributed by atoms with van der Waals surface area (Å²) in [6.45, 7) is 14.8. The summed E-state index contributed by atoms with van der Waals surface area (Å²) in [6.07, 6.45) is 2.81. The molecule has 0 bridgehead atoms. The molecule has 1 N–H and O–H groups in total. The Morgan fingerprint density at radius 1 is 1.18 bits per heavy atom. The summed E-state index contributed by atoms with van der Waals surface area (Å²) in [4.78, 5) is 13.8. The van der Waals surface area contributed by atoms with Gasteiger partial charge in [0.25, 0.3) is 0 Å². The molecule has 0 heterocycles. The molecule has 0 saturated heterocycles. The summed E-state index contributed by atoms with van der Waals surface area (Å²) in [5.74, 6) is 0.182. The monoisotopic (exact) mass is 242 g/mol. The molecule has 0 radical (unpaired) electrons. The maximum atomic E-state index is 11.5. The van der Waals surface area contributed by atoms with Crippen molar-refractivity contribution in [1.29, 1.82) is 0 Å². The Morgan fingerprint density at radius 3 is 2.29 bits per heavy atom. The molecule has 0 aliphatic rings. The van der Waals surface area contributed by atoms with Crippen molar-refractivity contribution < 1.29 is 4.79 Å². The third-order valence-corrected chi connectivity index (χ3v) is 2.85. The highest BCUT2D eigenvalue weighted by atomic mass is 16.1. The Hall–Kier alpha value is -0.570. The van der Waals surface area contributed by atoms with Crippen LogP contribution in [-0.2, 0) is 4.79 Å². The average Bonchev–Trinajstić information content (AvgIpc) is 2.25. The predicted molar refractivity (Wildman–Crippen MR) is 74.1 cm³/mol. The number of nitrogens with one attached hydrogen (secondary N) is 1. The van der Waals surface area contributed by atoms with Gasteiger partial charge in [0.2, 0.25) is 5.91 Å². The van der Waals surface area contributed by atoms with Gasteiger partial charge in [-0.25, -0.2) is 0 Å².